The zero-order chi connectivity index (χ0) is 17.8. The Labute approximate surface area is 193 Å². The Hall–Kier alpha value is -1.83. The van der Waals surface area contributed by atoms with E-state index in [0.717, 1.165) is 12.8 Å². The second kappa shape index (κ2) is 8.13. The first kappa shape index (κ1) is 20.4. The van der Waals surface area contributed by atoms with Crippen LogP contribution in [0.4, 0.5) is 0 Å². The van der Waals surface area contributed by atoms with Gasteiger partial charge in [0.15, 0.2) is 0 Å². The summed E-state index contributed by atoms with van der Waals surface area (Å²) in [6.07, 6.45) is 2.20. The van der Waals surface area contributed by atoms with E-state index in [1.807, 2.05) is 0 Å². The van der Waals surface area contributed by atoms with Crippen molar-refractivity contribution in [3.05, 3.63) is 107 Å². The summed E-state index contributed by atoms with van der Waals surface area (Å²) < 4.78 is 3.21. The Bertz CT molecular complexity index is 1120. The summed E-state index contributed by atoms with van der Waals surface area (Å²) in [7, 11) is 0. The van der Waals surface area contributed by atoms with E-state index in [0.29, 0.717) is 0 Å². The molecule has 6 rings (SSSR count). The second-order valence-corrected chi connectivity index (χ2v) is 9.53. The van der Waals surface area contributed by atoms with Crippen LogP contribution in [-0.4, -0.2) is 0 Å². The molecule has 0 radical (unpaired) electrons. The monoisotopic (exact) mass is 448 g/mol. The van der Waals surface area contributed by atoms with Crippen molar-refractivity contribution in [2.24, 2.45) is 0 Å². The van der Waals surface area contributed by atoms with E-state index in [9.17, 15) is 0 Å². The first-order valence-electron chi connectivity index (χ1n) is 9.56. The van der Waals surface area contributed by atoms with Crippen molar-refractivity contribution in [2.75, 3.05) is 0 Å². The van der Waals surface area contributed by atoms with E-state index in [2.05, 4.69) is 84.9 Å². The van der Waals surface area contributed by atoms with E-state index >= 15 is 0 Å². The van der Waals surface area contributed by atoms with Crippen LogP contribution in [0.1, 0.15) is 22.3 Å². The van der Waals surface area contributed by atoms with Crippen LogP contribution >= 0.6 is 0 Å². The minimum atomic E-state index is -0.354. The van der Waals surface area contributed by atoms with Gasteiger partial charge in [-0.15, -0.1) is 0 Å². The zero-order valence-corrected chi connectivity index (χ0v) is 18.8. The third-order valence-corrected chi connectivity index (χ3v) is 8.28. The molecule has 0 saturated heterocycles. The van der Waals surface area contributed by atoms with Crippen LogP contribution in [-0.2, 0) is 32.0 Å². The summed E-state index contributed by atoms with van der Waals surface area (Å²) in [5.74, 6) is 0. The van der Waals surface area contributed by atoms with Gasteiger partial charge in [0.05, 0.1) is 0 Å². The number of halogens is 2. The molecule has 0 N–H and O–H groups in total. The summed E-state index contributed by atoms with van der Waals surface area (Å²) in [6, 6.07) is 31.7. The van der Waals surface area contributed by atoms with Crippen LogP contribution in [0.2, 0.25) is 0 Å². The van der Waals surface area contributed by atoms with Crippen LogP contribution in [0.15, 0.2) is 84.9 Å². The van der Waals surface area contributed by atoms with Gasteiger partial charge in [-0.05, 0) is 0 Å². The van der Waals surface area contributed by atoms with Crippen LogP contribution < -0.4 is 32.6 Å². The Morgan fingerprint density at radius 2 is 0.862 bits per heavy atom. The van der Waals surface area contributed by atoms with Crippen LogP contribution in [0.5, 0.6) is 0 Å². The van der Waals surface area contributed by atoms with Crippen molar-refractivity contribution in [2.45, 2.75) is 12.8 Å². The van der Waals surface area contributed by atoms with Gasteiger partial charge in [0.25, 0.3) is 0 Å². The minimum absolute atomic E-state index is 0. The third kappa shape index (κ3) is 3.29. The molecule has 0 unspecified atom stereocenters. The topological polar surface area (TPSA) is 0 Å². The Balaban J connectivity index is 0.00000102. The predicted molar refractivity (Wildman–Crippen MR) is 109 cm³/mol. The van der Waals surface area contributed by atoms with E-state index in [1.165, 1.54) is 33.4 Å². The van der Waals surface area contributed by atoms with E-state index in [-0.39, 0.29) is 44.0 Å². The molecule has 0 fully saturated rings. The molecule has 0 saturated carbocycles. The Morgan fingerprint density at radius 3 is 1.34 bits per heavy atom. The van der Waals surface area contributed by atoms with Crippen molar-refractivity contribution in [1.29, 1.82) is 0 Å². The molecule has 4 aromatic carbocycles. The van der Waals surface area contributed by atoms with E-state index in [4.69, 9.17) is 0 Å². The number of fused-ring (bicyclic) bond motifs is 6. The average Bonchev–Trinajstić information content (AvgIpc) is 3.28. The molecular weight excluding hydrogens is 431 g/mol. The van der Waals surface area contributed by atoms with Crippen molar-refractivity contribution in [1.82, 2.24) is 0 Å². The fourth-order valence-electron chi connectivity index (χ4n) is 4.69. The predicted octanol–water partition coefficient (Wildman–Crippen LogP) is -1.13. The number of benzene rings is 4. The summed E-state index contributed by atoms with van der Waals surface area (Å²) in [6.45, 7) is 0. The maximum absolute atomic E-state index is 2.38. The van der Waals surface area contributed by atoms with Gasteiger partial charge in [0.2, 0.25) is 0 Å². The maximum atomic E-state index is 2.38. The number of hydrogen-bond acceptors (Lipinski definition) is 0. The van der Waals surface area contributed by atoms with Crippen molar-refractivity contribution in [3.63, 3.8) is 0 Å². The van der Waals surface area contributed by atoms with Gasteiger partial charge >= 0.3 is 169 Å². The summed E-state index contributed by atoms with van der Waals surface area (Å²) in [4.78, 5) is 0. The van der Waals surface area contributed by atoms with Gasteiger partial charge in [-0.25, -0.2) is 0 Å². The molecule has 140 valence electrons. The first-order chi connectivity index (χ1) is 13.4. The Morgan fingerprint density at radius 1 is 0.448 bits per heavy atom. The van der Waals surface area contributed by atoms with Gasteiger partial charge in [0.1, 0.15) is 0 Å². The van der Waals surface area contributed by atoms with Crippen molar-refractivity contribution < 1.29 is 44.0 Å². The quantitative estimate of drug-likeness (QED) is 0.294. The summed E-state index contributed by atoms with van der Waals surface area (Å²) in [5, 5.41) is 0. The van der Waals surface area contributed by atoms with Crippen LogP contribution in [0, 0.1) is 0 Å². The SMILES string of the molecule is [Cl-].[Cl-].c1ccc2c(c1)Cc1[c]([Ti+2][c]3cccc4c3Cc3ccccc3-4)cccc1-2. The van der Waals surface area contributed by atoms with Crippen molar-refractivity contribution >= 4 is 7.74 Å². The molecule has 0 nitrogen and oxygen atoms in total. The second-order valence-electron chi connectivity index (χ2n) is 7.46. The standard InChI is InChI=1S/2C13H9.2ClH.Ti/c2*1-3-7-12-10(5-1)9-11-6-2-4-8-13(11)12;;;/h2*1-5,7-8H,9H2;2*1H;/q;;;;+2/p-2. The molecule has 29 heavy (non-hydrogen) atoms. The fraction of sp³-hybridized carbons (Fsp3) is 0.0769. The zero-order valence-electron chi connectivity index (χ0n) is 15.8. The van der Waals surface area contributed by atoms with Crippen LogP contribution in [0.25, 0.3) is 22.3 Å². The molecule has 0 aromatic heterocycles. The molecule has 0 spiro atoms. The molecule has 0 aliphatic heterocycles. The molecule has 2 aliphatic carbocycles. The normalized spacial score (nSPS) is 11.9. The molecule has 2 aliphatic rings. The number of hydrogen-bond donors (Lipinski definition) is 0. The molecule has 4 aromatic rings. The van der Waals surface area contributed by atoms with E-state index < -0.39 is 0 Å². The third-order valence-electron chi connectivity index (χ3n) is 5.97. The van der Waals surface area contributed by atoms with E-state index in [1.54, 1.807) is 18.9 Å². The van der Waals surface area contributed by atoms with Gasteiger partial charge < -0.3 is 24.8 Å². The molecule has 3 heteroatoms. The fourth-order valence-corrected chi connectivity index (χ4v) is 6.88. The molecule has 0 heterocycles. The Kier molecular flexibility index (Phi) is 5.73. The van der Waals surface area contributed by atoms with Gasteiger partial charge in [-0.1, -0.05) is 0 Å². The first-order valence-corrected chi connectivity index (χ1v) is 11.1. The summed E-state index contributed by atoms with van der Waals surface area (Å²) >= 11 is -0.354. The van der Waals surface area contributed by atoms with Gasteiger partial charge in [0, 0.05) is 0 Å². The van der Waals surface area contributed by atoms with Gasteiger partial charge in [-0.3, -0.25) is 0 Å². The number of rotatable bonds is 2. The van der Waals surface area contributed by atoms with Gasteiger partial charge in [-0.2, -0.15) is 0 Å². The molecule has 0 atom stereocenters. The van der Waals surface area contributed by atoms with Crippen molar-refractivity contribution in [3.8, 4) is 22.3 Å². The average molecular weight is 449 g/mol. The molecule has 0 amide bonds. The van der Waals surface area contributed by atoms with Crippen LogP contribution in [0.3, 0.4) is 0 Å². The molecular formula is C26H18Cl2Ti. The molecule has 0 bridgehead atoms. The summed E-state index contributed by atoms with van der Waals surface area (Å²) in [5.41, 5.74) is 11.9.